The number of para-hydroxylation sites is 1. The van der Waals surface area contributed by atoms with Gasteiger partial charge in [0.25, 0.3) is 5.91 Å². The number of ketones is 1. The summed E-state index contributed by atoms with van der Waals surface area (Å²) in [6, 6.07) is 24.0. The molecule has 0 spiro atoms. The molecule has 0 aliphatic rings. The summed E-state index contributed by atoms with van der Waals surface area (Å²) in [5.74, 6) is 0.322. The molecule has 0 fully saturated rings. The first-order valence-corrected chi connectivity index (χ1v) is 9.85. The number of H-pyrrole nitrogens is 1. The second-order valence-electron chi connectivity index (χ2n) is 6.97. The molecule has 0 aliphatic heterocycles. The van der Waals surface area contributed by atoms with Gasteiger partial charge in [0.15, 0.2) is 12.4 Å². The highest BCUT2D eigenvalue weighted by Gasteiger charge is 2.09. The summed E-state index contributed by atoms with van der Waals surface area (Å²) >= 11 is 0. The molecule has 0 atom stereocenters. The lowest BCUT2D eigenvalue weighted by Crippen LogP contribution is -2.30. The molecule has 0 unspecified atom stereocenters. The van der Waals surface area contributed by atoms with Gasteiger partial charge in [-0.2, -0.15) is 0 Å². The Hall–Kier alpha value is -3.86. The van der Waals surface area contributed by atoms with Crippen LogP contribution < -0.4 is 10.1 Å². The van der Waals surface area contributed by atoms with E-state index in [0.717, 1.165) is 11.9 Å². The van der Waals surface area contributed by atoms with E-state index in [1.807, 2.05) is 42.6 Å². The lowest BCUT2D eigenvalue weighted by molar-refractivity contribution is -0.123. The molecule has 0 bridgehead atoms. The van der Waals surface area contributed by atoms with Gasteiger partial charge in [-0.25, -0.2) is 0 Å². The van der Waals surface area contributed by atoms with Gasteiger partial charge in [0, 0.05) is 34.8 Å². The molecular weight excluding hydrogens is 376 g/mol. The molecule has 0 aliphatic carbocycles. The fourth-order valence-electron chi connectivity index (χ4n) is 3.33. The Balaban J connectivity index is 1.24. The van der Waals surface area contributed by atoms with Gasteiger partial charge in [-0.05, 0) is 42.3 Å². The van der Waals surface area contributed by atoms with E-state index in [9.17, 15) is 9.59 Å². The SMILES string of the molecule is O=C(COc1ccc(C(=O)c2ccccc2)cc1)NCCc1c[nH]c2ccccc12. The van der Waals surface area contributed by atoms with Crippen LogP contribution in [0, 0.1) is 0 Å². The molecule has 2 N–H and O–H groups in total. The third-order valence-corrected chi connectivity index (χ3v) is 4.91. The van der Waals surface area contributed by atoms with Crippen LogP contribution in [0.1, 0.15) is 21.5 Å². The van der Waals surface area contributed by atoms with Crippen LogP contribution in [0.3, 0.4) is 0 Å². The van der Waals surface area contributed by atoms with Crippen LogP contribution in [0.4, 0.5) is 0 Å². The summed E-state index contributed by atoms with van der Waals surface area (Å²) in [5, 5.41) is 4.05. The maximum Gasteiger partial charge on any atom is 0.257 e. The number of carbonyl (C=O) groups excluding carboxylic acids is 2. The number of fused-ring (bicyclic) bond motifs is 1. The molecule has 1 heterocycles. The number of amides is 1. The molecule has 4 aromatic rings. The molecule has 0 radical (unpaired) electrons. The van der Waals surface area contributed by atoms with Gasteiger partial charge in [-0.15, -0.1) is 0 Å². The van der Waals surface area contributed by atoms with Crippen molar-refractivity contribution >= 4 is 22.6 Å². The number of nitrogens with one attached hydrogen (secondary N) is 2. The standard InChI is InChI=1S/C25H22N2O3/c28-24(26-15-14-20-16-27-23-9-5-4-8-22(20)23)17-30-21-12-10-19(11-13-21)25(29)18-6-2-1-3-7-18/h1-13,16,27H,14-15,17H2,(H,26,28). The van der Waals surface area contributed by atoms with Crippen molar-refractivity contribution in [1.82, 2.24) is 10.3 Å². The number of hydrogen-bond acceptors (Lipinski definition) is 3. The van der Waals surface area contributed by atoms with E-state index in [0.29, 0.717) is 23.4 Å². The first kappa shape index (κ1) is 19.5. The molecule has 1 amide bonds. The van der Waals surface area contributed by atoms with Gasteiger partial charge < -0.3 is 15.0 Å². The Labute approximate surface area is 174 Å². The van der Waals surface area contributed by atoms with Gasteiger partial charge in [0.05, 0.1) is 0 Å². The largest absolute Gasteiger partial charge is 0.484 e. The Morgan fingerprint density at radius 3 is 2.33 bits per heavy atom. The quantitative estimate of drug-likeness (QED) is 0.438. The van der Waals surface area contributed by atoms with Crippen molar-refractivity contribution in [3.63, 3.8) is 0 Å². The fourth-order valence-corrected chi connectivity index (χ4v) is 3.33. The molecule has 30 heavy (non-hydrogen) atoms. The van der Waals surface area contributed by atoms with Crippen LogP contribution in [-0.2, 0) is 11.2 Å². The molecule has 0 saturated carbocycles. The van der Waals surface area contributed by atoms with E-state index >= 15 is 0 Å². The number of carbonyl (C=O) groups is 2. The second kappa shape index (κ2) is 9.09. The van der Waals surface area contributed by atoms with Crippen LogP contribution in [0.15, 0.2) is 85.1 Å². The lowest BCUT2D eigenvalue weighted by Gasteiger charge is -2.08. The monoisotopic (exact) mass is 398 g/mol. The van der Waals surface area contributed by atoms with Gasteiger partial charge >= 0.3 is 0 Å². The maximum absolute atomic E-state index is 12.4. The van der Waals surface area contributed by atoms with Crippen LogP contribution in [0.25, 0.3) is 10.9 Å². The van der Waals surface area contributed by atoms with Crippen LogP contribution in [-0.4, -0.2) is 29.8 Å². The van der Waals surface area contributed by atoms with Crippen molar-refractivity contribution in [3.8, 4) is 5.75 Å². The number of ether oxygens (including phenoxy) is 1. The molecule has 3 aromatic carbocycles. The summed E-state index contributed by atoms with van der Waals surface area (Å²) in [7, 11) is 0. The highest BCUT2D eigenvalue weighted by Crippen LogP contribution is 2.18. The third-order valence-electron chi connectivity index (χ3n) is 4.91. The molecule has 0 saturated heterocycles. The summed E-state index contributed by atoms with van der Waals surface area (Å²) in [4.78, 5) is 27.7. The van der Waals surface area contributed by atoms with Crippen molar-refractivity contribution in [2.75, 3.05) is 13.2 Å². The van der Waals surface area contributed by atoms with E-state index in [1.54, 1.807) is 36.4 Å². The third kappa shape index (κ3) is 4.58. The van der Waals surface area contributed by atoms with Crippen LogP contribution in [0.5, 0.6) is 5.75 Å². The van der Waals surface area contributed by atoms with Gasteiger partial charge in [0.1, 0.15) is 5.75 Å². The fraction of sp³-hybridized carbons (Fsp3) is 0.120. The van der Waals surface area contributed by atoms with E-state index in [1.165, 1.54) is 10.9 Å². The summed E-state index contributed by atoms with van der Waals surface area (Å²) in [5.41, 5.74) is 3.49. The minimum atomic E-state index is -0.181. The molecule has 5 nitrogen and oxygen atoms in total. The minimum Gasteiger partial charge on any atom is -0.484 e. The molecule has 150 valence electrons. The average Bonchev–Trinajstić information content (AvgIpc) is 3.21. The molecule has 1 aromatic heterocycles. The van der Waals surface area contributed by atoms with Crippen LogP contribution in [0.2, 0.25) is 0 Å². The van der Waals surface area contributed by atoms with Crippen molar-refractivity contribution in [1.29, 1.82) is 0 Å². The number of rotatable bonds is 8. The molecular formula is C25H22N2O3. The minimum absolute atomic E-state index is 0.0443. The summed E-state index contributed by atoms with van der Waals surface area (Å²) < 4.78 is 5.54. The topological polar surface area (TPSA) is 71.2 Å². The normalized spacial score (nSPS) is 10.7. The first-order chi connectivity index (χ1) is 14.7. The van der Waals surface area contributed by atoms with Crippen molar-refractivity contribution < 1.29 is 14.3 Å². The van der Waals surface area contributed by atoms with E-state index in [2.05, 4.69) is 16.4 Å². The molecule has 4 rings (SSSR count). The highest BCUT2D eigenvalue weighted by atomic mass is 16.5. The Morgan fingerprint density at radius 1 is 0.833 bits per heavy atom. The summed E-state index contributed by atoms with van der Waals surface area (Å²) in [6.45, 7) is 0.467. The van der Waals surface area contributed by atoms with Crippen LogP contribution >= 0.6 is 0 Å². The lowest BCUT2D eigenvalue weighted by atomic mass is 10.0. The predicted octanol–water partition coefficient (Wildman–Crippen LogP) is 4.14. The van der Waals surface area contributed by atoms with Gasteiger partial charge in [-0.3, -0.25) is 9.59 Å². The Kier molecular flexibility index (Phi) is 5.90. The zero-order valence-corrected chi connectivity index (χ0v) is 16.4. The van der Waals surface area contributed by atoms with Crippen molar-refractivity contribution in [2.24, 2.45) is 0 Å². The van der Waals surface area contributed by atoms with Crippen molar-refractivity contribution in [3.05, 3.63) is 102 Å². The highest BCUT2D eigenvalue weighted by molar-refractivity contribution is 6.09. The maximum atomic E-state index is 12.4. The van der Waals surface area contributed by atoms with Gasteiger partial charge in [-0.1, -0.05) is 48.5 Å². The first-order valence-electron chi connectivity index (χ1n) is 9.85. The number of benzene rings is 3. The Bertz CT molecular complexity index is 1150. The molecule has 5 heteroatoms. The van der Waals surface area contributed by atoms with E-state index in [4.69, 9.17) is 4.74 Å². The predicted molar refractivity (Wildman–Crippen MR) is 117 cm³/mol. The van der Waals surface area contributed by atoms with Gasteiger partial charge in [0.2, 0.25) is 0 Å². The van der Waals surface area contributed by atoms with Crippen molar-refractivity contribution in [2.45, 2.75) is 6.42 Å². The van der Waals surface area contributed by atoms with E-state index in [-0.39, 0.29) is 18.3 Å². The smallest absolute Gasteiger partial charge is 0.257 e. The second-order valence-corrected chi connectivity index (χ2v) is 6.97. The number of aromatic nitrogens is 1. The zero-order valence-electron chi connectivity index (χ0n) is 16.4. The average molecular weight is 398 g/mol. The number of aromatic amines is 1. The summed E-state index contributed by atoms with van der Waals surface area (Å²) in [6.07, 6.45) is 2.72. The van der Waals surface area contributed by atoms with E-state index < -0.39 is 0 Å². The zero-order chi connectivity index (χ0) is 20.8. The Morgan fingerprint density at radius 2 is 1.53 bits per heavy atom. The number of hydrogen-bond donors (Lipinski definition) is 2.